The molecule has 0 saturated heterocycles. The molecule has 1 aromatic rings. The average molecular weight is 215 g/mol. The van der Waals surface area contributed by atoms with Gasteiger partial charge < -0.3 is 10.5 Å². The summed E-state index contributed by atoms with van der Waals surface area (Å²) in [6, 6.07) is 8.66. The molecule has 1 unspecified atom stereocenters. The maximum absolute atomic E-state index is 5.88. The molecule has 0 fully saturated rings. The second kappa shape index (κ2) is 3.44. The van der Waals surface area contributed by atoms with Crippen molar-refractivity contribution in [3.63, 3.8) is 0 Å². The lowest BCUT2D eigenvalue weighted by atomic mass is 9.88. The van der Waals surface area contributed by atoms with Gasteiger partial charge in [-0.25, -0.2) is 0 Å². The number of benzene rings is 1. The fourth-order valence-electron chi connectivity index (χ4n) is 2.87. The molecule has 16 heavy (non-hydrogen) atoms. The maximum Gasteiger partial charge on any atom is 0.0994 e. The van der Waals surface area contributed by atoms with Gasteiger partial charge in [-0.3, -0.25) is 0 Å². The Morgan fingerprint density at radius 3 is 3.00 bits per heavy atom. The van der Waals surface area contributed by atoms with Crippen LogP contribution in [0.1, 0.15) is 24.5 Å². The SMILES string of the molecule is CC1(CN)OCCC2=C1Cc1ccccc12. The van der Waals surface area contributed by atoms with Gasteiger partial charge in [0.1, 0.15) is 0 Å². The van der Waals surface area contributed by atoms with Gasteiger partial charge in [-0.15, -0.1) is 0 Å². The zero-order valence-corrected chi connectivity index (χ0v) is 9.62. The van der Waals surface area contributed by atoms with Crippen molar-refractivity contribution >= 4 is 5.57 Å². The van der Waals surface area contributed by atoms with Crippen molar-refractivity contribution in [3.05, 3.63) is 41.0 Å². The predicted molar refractivity (Wildman–Crippen MR) is 65.1 cm³/mol. The van der Waals surface area contributed by atoms with Crippen LogP contribution in [0, 0.1) is 0 Å². The van der Waals surface area contributed by atoms with E-state index in [0.29, 0.717) is 6.54 Å². The highest BCUT2D eigenvalue weighted by atomic mass is 16.5. The third-order valence-corrected chi connectivity index (χ3v) is 3.87. The molecule has 2 N–H and O–H groups in total. The van der Waals surface area contributed by atoms with Crippen molar-refractivity contribution in [3.8, 4) is 0 Å². The molecule has 0 radical (unpaired) electrons. The largest absolute Gasteiger partial charge is 0.369 e. The Labute approximate surface area is 96.1 Å². The van der Waals surface area contributed by atoms with E-state index in [1.54, 1.807) is 0 Å². The Kier molecular flexibility index (Phi) is 2.16. The smallest absolute Gasteiger partial charge is 0.0994 e. The maximum atomic E-state index is 5.88. The lowest BCUT2D eigenvalue weighted by molar-refractivity contribution is -0.00165. The molecular weight excluding hydrogens is 198 g/mol. The van der Waals surface area contributed by atoms with Gasteiger partial charge in [0.15, 0.2) is 0 Å². The van der Waals surface area contributed by atoms with E-state index in [4.69, 9.17) is 10.5 Å². The number of ether oxygens (including phenoxy) is 1. The van der Waals surface area contributed by atoms with E-state index in [9.17, 15) is 0 Å². The van der Waals surface area contributed by atoms with E-state index < -0.39 is 0 Å². The topological polar surface area (TPSA) is 35.2 Å². The van der Waals surface area contributed by atoms with Crippen molar-refractivity contribution in [1.82, 2.24) is 0 Å². The van der Waals surface area contributed by atoms with Crippen molar-refractivity contribution in [2.24, 2.45) is 5.73 Å². The van der Waals surface area contributed by atoms with Gasteiger partial charge >= 0.3 is 0 Å². The summed E-state index contributed by atoms with van der Waals surface area (Å²) in [7, 11) is 0. The summed E-state index contributed by atoms with van der Waals surface area (Å²) in [6.07, 6.45) is 2.04. The molecule has 0 saturated carbocycles. The predicted octanol–water partition coefficient (Wildman–Crippen LogP) is 2.13. The van der Waals surface area contributed by atoms with E-state index in [-0.39, 0.29) is 5.60 Å². The summed E-state index contributed by atoms with van der Waals surface area (Å²) in [4.78, 5) is 0. The quantitative estimate of drug-likeness (QED) is 0.779. The number of hydrogen-bond acceptors (Lipinski definition) is 2. The van der Waals surface area contributed by atoms with Crippen LogP contribution in [0.2, 0.25) is 0 Å². The fraction of sp³-hybridized carbons (Fsp3) is 0.429. The van der Waals surface area contributed by atoms with Gasteiger partial charge in [0, 0.05) is 6.54 Å². The molecule has 2 heteroatoms. The van der Waals surface area contributed by atoms with E-state index in [2.05, 4.69) is 31.2 Å². The number of hydrogen-bond donors (Lipinski definition) is 1. The molecule has 0 spiro atoms. The molecule has 84 valence electrons. The average Bonchev–Trinajstić information content (AvgIpc) is 2.70. The highest BCUT2D eigenvalue weighted by Gasteiger charge is 2.38. The molecule has 0 aromatic heterocycles. The molecule has 1 atom stereocenters. The Morgan fingerprint density at radius 2 is 2.19 bits per heavy atom. The van der Waals surface area contributed by atoms with Crippen LogP contribution >= 0.6 is 0 Å². The molecule has 3 rings (SSSR count). The summed E-state index contributed by atoms with van der Waals surface area (Å²) in [5.41, 5.74) is 11.4. The zero-order chi connectivity index (χ0) is 11.2. The molecule has 1 heterocycles. The first kappa shape index (κ1) is 10.1. The Morgan fingerprint density at radius 1 is 1.38 bits per heavy atom. The van der Waals surface area contributed by atoms with Gasteiger partial charge in [-0.1, -0.05) is 24.3 Å². The van der Waals surface area contributed by atoms with Gasteiger partial charge in [0.25, 0.3) is 0 Å². The van der Waals surface area contributed by atoms with Crippen molar-refractivity contribution in [1.29, 1.82) is 0 Å². The monoisotopic (exact) mass is 215 g/mol. The summed E-state index contributed by atoms with van der Waals surface area (Å²) < 4.78 is 5.88. The minimum Gasteiger partial charge on any atom is -0.369 e. The highest BCUT2D eigenvalue weighted by molar-refractivity contribution is 5.78. The van der Waals surface area contributed by atoms with Crippen molar-refractivity contribution < 1.29 is 4.74 Å². The minimum atomic E-state index is -0.243. The zero-order valence-electron chi connectivity index (χ0n) is 9.62. The lowest BCUT2D eigenvalue weighted by Crippen LogP contribution is -2.42. The Balaban J connectivity index is 2.12. The van der Waals surface area contributed by atoms with E-state index in [1.807, 2.05) is 0 Å². The molecule has 1 aromatic carbocycles. The van der Waals surface area contributed by atoms with Crippen LogP contribution in [0.3, 0.4) is 0 Å². The second-order valence-corrected chi connectivity index (χ2v) is 4.82. The Hall–Kier alpha value is -1.12. The fourth-order valence-corrected chi connectivity index (χ4v) is 2.87. The normalized spacial score (nSPS) is 27.9. The van der Waals surface area contributed by atoms with Crippen molar-refractivity contribution in [2.45, 2.75) is 25.4 Å². The van der Waals surface area contributed by atoms with Crippen LogP contribution < -0.4 is 5.73 Å². The molecule has 2 aliphatic rings. The van der Waals surface area contributed by atoms with E-state index in [0.717, 1.165) is 19.4 Å². The molecule has 2 nitrogen and oxygen atoms in total. The first-order chi connectivity index (χ1) is 7.74. The van der Waals surface area contributed by atoms with Crippen LogP contribution in [0.5, 0.6) is 0 Å². The van der Waals surface area contributed by atoms with Gasteiger partial charge in [0.05, 0.1) is 12.2 Å². The Bertz CT molecular complexity index is 464. The molecule has 1 aliphatic heterocycles. The van der Waals surface area contributed by atoms with Crippen molar-refractivity contribution in [2.75, 3.05) is 13.2 Å². The number of fused-ring (bicyclic) bond motifs is 2. The molecule has 0 bridgehead atoms. The van der Waals surface area contributed by atoms with Crippen LogP contribution in [0.25, 0.3) is 5.57 Å². The lowest BCUT2D eigenvalue weighted by Gasteiger charge is -2.35. The van der Waals surface area contributed by atoms with Gasteiger partial charge in [-0.2, -0.15) is 0 Å². The van der Waals surface area contributed by atoms with Crippen LogP contribution in [0.4, 0.5) is 0 Å². The number of nitrogens with two attached hydrogens (primary N) is 1. The molecular formula is C14H17NO. The van der Waals surface area contributed by atoms with Crippen LogP contribution in [-0.4, -0.2) is 18.8 Å². The van der Waals surface area contributed by atoms with Crippen LogP contribution in [0.15, 0.2) is 29.8 Å². The number of rotatable bonds is 1. The minimum absolute atomic E-state index is 0.243. The third-order valence-electron chi connectivity index (χ3n) is 3.87. The summed E-state index contributed by atoms with van der Waals surface area (Å²) in [5, 5.41) is 0. The highest BCUT2D eigenvalue weighted by Crippen LogP contribution is 2.43. The first-order valence-corrected chi connectivity index (χ1v) is 5.89. The molecule has 0 amide bonds. The molecule has 1 aliphatic carbocycles. The van der Waals surface area contributed by atoms with Gasteiger partial charge in [-0.05, 0) is 42.0 Å². The standard InChI is InChI=1S/C14H17NO/c1-14(9-15)13-8-10-4-2-3-5-11(10)12(13)6-7-16-14/h2-5H,6-9,15H2,1H3. The van der Waals surface area contributed by atoms with Gasteiger partial charge in [0.2, 0.25) is 0 Å². The second-order valence-electron chi connectivity index (χ2n) is 4.82. The summed E-state index contributed by atoms with van der Waals surface area (Å²) >= 11 is 0. The van der Waals surface area contributed by atoms with Crippen LogP contribution in [-0.2, 0) is 11.2 Å². The van der Waals surface area contributed by atoms with E-state index >= 15 is 0 Å². The first-order valence-electron chi connectivity index (χ1n) is 5.89. The third kappa shape index (κ3) is 1.27. The summed E-state index contributed by atoms with van der Waals surface area (Å²) in [6.45, 7) is 3.48. The summed E-state index contributed by atoms with van der Waals surface area (Å²) in [5.74, 6) is 0. The van der Waals surface area contributed by atoms with E-state index in [1.165, 1.54) is 22.3 Å².